The van der Waals surface area contributed by atoms with E-state index in [1.807, 2.05) is 0 Å². The van der Waals surface area contributed by atoms with Crippen LogP contribution in [0.3, 0.4) is 0 Å². The van der Waals surface area contributed by atoms with Crippen LogP contribution in [0.15, 0.2) is 24.3 Å². The van der Waals surface area contributed by atoms with Gasteiger partial charge in [-0.3, -0.25) is 4.79 Å². The monoisotopic (exact) mass is 483 g/mol. The van der Waals surface area contributed by atoms with Crippen molar-refractivity contribution >= 4 is 21.3 Å². The summed E-state index contributed by atoms with van der Waals surface area (Å²) in [7, 11) is -1.51. The molecule has 2 aliphatic heterocycles. The van der Waals surface area contributed by atoms with Gasteiger partial charge in [-0.2, -0.15) is 26.3 Å². The molecule has 0 radical (unpaired) electrons. The smallest absolute Gasteiger partial charge is 0.345 e. The predicted octanol–water partition coefficient (Wildman–Crippen LogP) is 5.44. The first-order valence-electron chi connectivity index (χ1n) is 10.6. The molecule has 0 bridgehead atoms. The van der Waals surface area contributed by atoms with Crippen molar-refractivity contribution in [1.82, 2.24) is 14.5 Å². The normalized spacial score (nSPS) is 24.2. The number of nitrogens with one attached hydrogen (secondary N) is 1. The fraction of sp³-hybridized carbons (Fsp3) is 0.619. The van der Waals surface area contributed by atoms with Crippen LogP contribution in [0, 0.1) is 5.92 Å². The number of amides is 1. The van der Waals surface area contributed by atoms with E-state index in [0.717, 1.165) is 43.4 Å². The van der Waals surface area contributed by atoms with Crippen LogP contribution in [0.2, 0.25) is 0 Å². The van der Waals surface area contributed by atoms with E-state index < -0.39 is 52.3 Å². The number of carbonyl (C=O) groups excluding carboxylic acids is 1. The Morgan fingerprint density at radius 1 is 1.16 bits per heavy atom. The summed E-state index contributed by atoms with van der Waals surface area (Å²) in [4.78, 5) is 15.0. The van der Waals surface area contributed by atoms with Gasteiger partial charge in [0.05, 0.1) is 11.5 Å². The van der Waals surface area contributed by atoms with Crippen LogP contribution in [-0.2, 0) is 6.18 Å². The summed E-state index contributed by atoms with van der Waals surface area (Å²) < 4.78 is 80.9. The molecule has 1 amide bonds. The first-order valence-corrected chi connectivity index (χ1v) is 11.8. The molecular formula is C21H27F6N3OS. The minimum atomic E-state index is -4.56. The number of hydrogen-bond donors (Lipinski definition) is 1. The highest BCUT2D eigenvalue weighted by Gasteiger charge is 2.45. The third-order valence-electron chi connectivity index (χ3n) is 5.81. The van der Waals surface area contributed by atoms with Gasteiger partial charge in [0.2, 0.25) is 0 Å². The van der Waals surface area contributed by atoms with Gasteiger partial charge >= 0.3 is 12.4 Å². The van der Waals surface area contributed by atoms with Gasteiger partial charge in [-0.25, -0.2) is 4.31 Å². The molecule has 180 valence electrons. The highest BCUT2D eigenvalue weighted by molar-refractivity contribution is 8.26. The van der Waals surface area contributed by atoms with Gasteiger partial charge in [0.1, 0.15) is 0 Å². The average molecular weight is 484 g/mol. The summed E-state index contributed by atoms with van der Waals surface area (Å²) in [6, 6.07) is 3.72. The maximum atomic E-state index is 13.4. The number of likely N-dealkylation sites (tertiary alicyclic amines) is 1. The largest absolute Gasteiger partial charge is 0.416 e. The quantitative estimate of drug-likeness (QED) is 0.448. The molecule has 1 aromatic rings. The molecule has 11 heteroatoms. The molecule has 2 aliphatic rings. The molecule has 3 atom stereocenters. The Hall–Kier alpha value is -1.59. The Morgan fingerprint density at radius 2 is 1.84 bits per heavy atom. The average Bonchev–Trinajstić information content (AvgIpc) is 3.19. The van der Waals surface area contributed by atoms with Crippen LogP contribution in [0.5, 0.6) is 0 Å². The zero-order chi connectivity index (χ0) is 23.5. The Kier molecular flexibility index (Phi) is 7.93. The molecule has 3 unspecified atom stereocenters. The van der Waals surface area contributed by atoms with Gasteiger partial charge < -0.3 is 10.2 Å². The number of halogens is 6. The molecule has 2 heterocycles. The maximum Gasteiger partial charge on any atom is 0.416 e. The molecule has 4 nitrogen and oxygen atoms in total. The van der Waals surface area contributed by atoms with Gasteiger partial charge in [-0.1, -0.05) is 18.6 Å². The highest BCUT2D eigenvalue weighted by atomic mass is 32.2. The van der Waals surface area contributed by atoms with Crippen LogP contribution in [0.4, 0.5) is 31.1 Å². The second kappa shape index (κ2) is 10.1. The fourth-order valence-electron chi connectivity index (χ4n) is 3.94. The van der Waals surface area contributed by atoms with Gasteiger partial charge in [-0.15, -0.1) is 0 Å². The van der Waals surface area contributed by atoms with Crippen LogP contribution < -0.4 is 5.32 Å². The number of nitrogens with zero attached hydrogens (tertiary/aromatic N) is 2. The molecule has 1 fully saturated rings. The van der Waals surface area contributed by atoms with E-state index in [0.29, 0.717) is 13.1 Å². The highest BCUT2D eigenvalue weighted by Crippen LogP contribution is 2.43. The molecule has 0 aliphatic carbocycles. The predicted molar refractivity (Wildman–Crippen MR) is 113 cm³/mol. The van der Waals surface area contributed by atoms with E-state index >= 15 is 0 Å². The summed E-state index contributed by atoms with van der Waals surface area (Å²) >= 11 is 0. The van der Waals surface area contributed by atoms with Crippen molar-refractivity contribution in [2.75, 3.05) is 32.7 Å². The van der Waals surface area contributed by atoms with Gasteiger partial charge in [0, 0.05) is 25.7 Å². The number of piperidine rings is 1. The molecule has 32 heavy (non-hydrogen) atoms. The topological polar surface area (TPSA) is 35.6 Å². The summed E-state index contributed by atoms with van der Waals surface area (Å²) in [5, 5.41) is 3.18. The van der Waals surface area contributed by atoms with E-state index in [1.165, 1.54) is 29.8 Å². The summed E-state index contributed by atoms with van der Waals surface area (Å²) in [5.41, 5.74) is -0.655. The van der Waals surface area contributed by atoms with Gasteiger partial charge in [-0.05, 0) is 66.6 Å². The zero-order valence-electron chi connectivity index (χ0n) is 17.7. The van der Waals surface area contributed by atoms with Crippen LogP contribution in [-0.4, -0.2) is 58.7 Å². The zero-order valence-corrected chi connectivity index (χ0v) is 18.5. The molecule has 0 aromatic heterocycles. The summed E-state index contributed by atoms with van der Waals surface area (Å²) in [6.07, 6.45) is -5.75. The van der Waals surface area contributed by atoms with E-state index in [1.54, 1.807) is 0 Å². The van der Waals surface area contributed by atoms with E-state index in [2.05, 4.69) is 10.2 Å². The van der Waals surface area contributed by atoms with Crippen molar-refractivity contribution in [2.24, 2.45) is 5.92 Å². The molecular weight excluding hydrogens is 456 g/mol. The molecule has 1 saturated heterocycles. The van der Waals surface area contributed by atoms with Crippen LogP contribution in [0.25, 0.3) is 0 Å². The number of alkyl halides is 6. The lowest BCUT2D eigenvalue weighted by atomic mass is 10.0. The number of benzene rings is 1. The van der Waals surface area contributed by atoms with Gasteiger partial charge in [0.15, 0.2) is 0 Å². The third kappa shape index (κ3) is 6.26. The van der Waals surface area contributed by atoms with Crippen LogP contribution >= 0.6 is 10.7 Å². The van der Waals surface area contributed by atoms with Crippen LogP contribution in [0.1, 0.15) is 43.4 Å². The minimum Gasteiger partial charge on any atom is -0.345 e. The maximum absolute atomic E-state index is 13.4. The van der Waals surface area contributed by atoms with Crippen molar-refractivity contribution in [2.45, 2.75) is 44.6 Å². The molecule has 1 N–H and O–H groups in total. The Balaban J connectivity index is 1.74. The Bertz CT molecular complexity index is 836. The second-order valence-corrected chi connectivity index (χ2v) is 9.86. The lowest BCUT2D eigenvalue weighted by Crippen LogP contribution is -2.38. The number of rotatable bonds is 5. The van der Waals surface area contributed by atoms with Gasteiger partial charge in [0.25, 0.3) is 5.24 Å². The fourth-order valence-corrected chi connectivity index (χ4v) is 6.02. The molecule has 0 saturated carbocycles. The molecule has 3 rings (SSSR count). The van der Waals surface area contributed by atoms with E-state index in [-0.39, 0.29) is 5.56 Å². The third-order valence-corrected chi connectivity index (χ3v) is 7.89. The van der Waals surface area contributed by atoms with Crippen molar-refractivity contribution in [3.63, 3.8) is 0 Å². The summed E-state index contributed by atoms with van der Waals surface area (Å²) in [6.45, 7) is 3.87. The first kappa shape index (κ1) is 25.0. The molecule has 0 spiro atoms. The molecule has 1 aromatic carbocycles. The first-order chi connectivity index (χ1) is 15.0. The Morgan fingerprint density at radius 3 is 2.47 bits per heavy atom. The SMILES string of the molecule is CC(c1cccc(C(F)(F)F)c1)N1CC(C(F)(F)F)C=S1C(=O)NCCN1CCCCC1. The lowest BCUT2D eigenvalue weighted by Gasteiger charge is -2.29. The van der Waals surface area contributed by atoms with Crippen molar-refractivity contribution in [3.8, 4) is 0 Å². The van der Waals surface area contributed by atoms with E-state index in [9.17, 15) is 31.1 Å². The van der Waals surface area contributed by atoms with Crippen molar-refractivity contribution in [1.29, 1.82) is 0 Å². The number of carbonyl (C=O) groups is 1. The van der Waals surface area contributed by atoms with E-state index in [4.69, 9.17) is 0 Å². The summed E-state index contributed by atoms with van der Waals surface area (Å²) in [5.74, 6) is -1.81. The number of hydrogen-bond acceptors (Lipinski definition) is 3. The Labute approximate surface area is 186 Å². The standard InChI is InChI=1S/C21H27F6N3OS/c1-15(16-6-5-7-17(12-16)20(22,23)24)30-13-18(21(25,26)27)14-32(30)19(31)28-8-11-29-9-3-2-4-10-29/h5-7,12,14-15,18H,2-4,8-11,13H2,1H3,(H,28,31). The lowest BCUT2D eigenvalue weighted by molar-refractivity contribution is -0.154. The van der Waals surface area contributed by atoms with Crippen molar-refractivity contribution in [3.05, 3.63) is 35.4 Å². The second-order valence-electron chi connectivity index (χ2n) is 8.11. The minimum absolute atomic E-state index is 0.217. The van der Waals surface area contributed by atoms with Crippen molar-refractivity contribution < 1.29 is 31.1 Å².